The highest BCUT2D eigenvalue weighted by molar-refractivity contribution is 5.76. The van der Waals surface area contributed by atoms with Gasteiger partial charge < -0.3 is 15.0 Å². The Morgan fingerprint density at radius 1 is 1.29 bits per heavy atom. The highest BCUT2D eigenvalue weighted by atomic mass is 16.5. The number of nitrogens with one attached hydrogen (secondary N) is 1. The first-order chi connectivity index (χ1) is 10.1. The first-order valence-electron chi connectivity index (χ1n) is 7.80. The SMILES string of the molecule is CCN(CC)C(=O)CCNCc1cccc(OC(C)C)c1. The normalized spacial score (nSPS) is 10.7. The van der Waals surface area contributed by atoms with Gasteiger partial charge in [0.25, 0.3) is 0 Å². The molecule has 0 atom stereocenters. The molecule has 0 fully saturated rings. The Hall–Kier alpha value is -1.55. The summed E-state index contributed by atoms with van der Waals surface area (Å²) in [6, 6.07) is 8.06. The Balaban J connectivity index is 2.34. The lowest BCUT2D eigenvalue weighted by Gasteiger charge is -2.18. The minimum Gasteiger partial charge on any atom is -0.491 e. The second-order valence-corrected chi connectivity index (χ2v) is 5.31. The van der Waals surface area contributed by atoms with Crippen molar-refractivity contribution in [3.05, 3.63) is 29.8 Å². The van der Waals surface area contributed by atoms with Crippen LogP contribution in [0.3, 0.4) is 0 Å². The topological polar surface area (TPSA) is 41.6 Å². The molecule has 0 bridgehead atoms. The molecule has 1 rings (SSSR count). The molecule has 118 valence electrons. The van der Waals surface area contributed by atoms with Gasteiger partial charge in [0.15, 0.2) is 0 Å². The minimum absolute atomic E-state index is 0.180. The average molecular weight is 292 g/mol. The van der Waals surface area contributed by atoms with E-state index >= 15 is 0 Å². The van der Waals surface area contributed by atoms with Crippen LogP contribution in [0.4, 0.5) is 0 Å². The van der Waals surface area contributed by atoms with Crippen LogP contribution in [-0.2, 0) is 11.3 Å². The monoisotopic (exact) mass is 292 g/mol. The molecule has 1 aromatic carbocycles. The van der Waals surface area contributed by atoms with Gasteiger partial charge in [-0.3, -0.25) is 4.79 Å². The van der Waals surface area contributed by atoms with Crippen molar-refractivity contribution in [2.75, 3.05) is 19.6 Å². The molecule has 0 aromatic heterocycles. The van der Waals surface area contributed by atoms with E-state index in [1.807, 2.05) is 50.8 Å². The molecule has 1 N–H and O–H groups in total. The number of benzene rings is 1. The third-order valence-electron chi connectivity index (χ3n) is 3.23. The maximum Gasteiger partial charge on any atom is 0.223 e. The zero-order valence-corrected chi connectivity index (χ0v) is 13.7. The first-order valence-corrected chi connectivity index (χ1v) is 7.80. The first kappa shape index (κ1) is 17.5. The van der Waals surface area contributed by atoms with E-state index in [2.05, 4.69) is 11.4 Å². The molecule has 4 nitrogen and oxygen atoms in total. The van der Waals surface area contributed by atoms with Gasteiger partial charge in [0.2, 0.25) is 5.91 Å². The summed E-state index contributed by atoms with van der Waals surface area (Å²) in [5, 5.41) is 3.31. The van der Waals surface area contributed by atoms with Gasteiger partial charge >= 0.3 is 0 Å². The smallest absolute Gasteiger partial charge is 0.223 e. The van der Waals surface area contributed by atoms with Crippen LogP contribution in [0.5, 0.6) is 5.75 Å². The van der Waals surface area contributed by atoms with E-state index in [4.69, 9.17) is 4.74 Å². The largest absolute Gasteiger partial charge is 0.491 e. The van der Waals surface area contributed by atoms with Crippen LogP contribution in [0.15, 0.2) is 24.3 Å². The summed E-state index contributed by atoms with van der Waals surface area (Å²) in [5.41, 5.74) is 1.17. The molecule has 0 radical (unpaired) electrons. The number of hydrogen-bond acceptors (Lipinski definition) is 3. The Labute approximate surface area is 128 Å². The van der Waals surface area contributed by atoms with E-state index in [-0.39, 0.29) is 12.0 Å². The summed E-state index contributed by atoms with van der Waals surface area (Å²) in [4.78, 5) is 13.7. The molecule has 1 amide bonds. The van der Waals surface area contributed by atoms with Gasteiger partial charge in [-0.25, -0.2) is 0 Å². The predicted molar refractivity (Wildman–Crippen MR) is 86.5 cm³/mol. The predicted octanol–water partition coefficient (Wildman–Crippen LogP) is 2.82. The molecule has 1 aromatic rings. The van der Waals surface area contributed by atoms with Crippen molar-refractivity contribution in [2.45, 2.75) is 46.8 Å². The molecule has 0 saturated heterocycles. The molecule has 0 unspecified atom stereocenters. The molecule has 0 spiro atoms. The summed E-state index contributed by atoms with van der Waals surface area (Å²) in [6.07, 6.45) is 0.726. The van der Waals surface area contributed by atoms with Crippen molar-refractivity contribution in [1.29, 1.82) is 0 Å². The maximum absolute atomic E-state index is 11.9. The van der Waals surface area contributed by atoms with Crippen molar-refractivity contribution in [3.8, 4) is 5.75 Å². The summed E-state index contributed by atoms with van der Waals surface area (Å²) in [7, 11) is 0. The van der Waals surface area contributed by atoms with E-state index in [9.17, 15) is 4.79 Å². The van der Waals surface area contributed by atoms with Gasteiger partial charge in [0.05, 0.1) is 6.10 Å². The summed E-state index contributed by atoms with van der Waals surface area (Å²) < 4.78 is 5.67. The summed E-state index contributed by atoms with van der Waals surface area (Å²) in [6.45, 7) is 11.1. The third kappa shape index (κ3) is 6.63. The molecule has 0 saturated carbocycles. The van der Waals surface area contributed by atoms with Crippen LogP contribution in [0.1, 0.15) is 39.7 Å². The Bertz CT molecular complexity index is 429. The molecule has 21 heavy (non-hydrogen) atoms. The molecule has 4 heteroatoms. The van der Waals surface area contributed by atoms with Crippen LogP contribution in [0.2, 0.25) is 0 Å². The van der Waals surface area contributed by atoms with E-state index in [0.29, 0.717) is 13.0 Å². The standard InChI is InChI=1S/C17H28N2O2/c1-5-19(6-2)17(20)10-11-18-13-15-8-7-9-16(12-15)21-14(3)4/h7-9,12,14,18H,5-6,10-11,13H2,1-4H3. The fraction of sp³-hybridized carbons (Fsp3) is 0.588. The number of amides is 1. The lowest BCUT2D eigenvalue weighted by atomic mass is 10.2. The van der Waals surface area contributed by atoms with E-state index < -0.39 is 0 Å². The third-order valence-corrected chi connectivity index (χ3v) is 3.23. The number of carbonyl (C=O) groups is 1. The number of carbonyl (C=O) groups excluding carboxylic acids is 1. The molecular formula is C17H28N2O2. The van der Waals surface area contributed by atoms with Crippen molar-refractivity contribution in [1.82, 2.24) is 10.2 Å². The molecule has 0 aliphatic carbocycles. The number of ether oxygens (including phenoxy) is 1. The van der Waals surface area contributed by atoms with Gasteiger partial charge in [0.1, 0.15) is 5.75 Å². The van der Waals surface area contributed by atoms with Crippen LogP contribution in [-0.4, -0.2) is 36.5 Å². The van der Waals surface area contributed by atoms with Gasteiger partial charge in [-0.05, 0) is 45.4 Å². The van der Waals surface area contributed by atoms with Gasteiger partial charge in [-0.2, -0.15) is 0 Å². The number of rotatable bonds is 9. The van der Waals surface area contributed by atoms with Crippen LogP contribution in [0, 0.1) is 0 Å². The van der Waals surface area contributed by atoms with Gasteiger partial charge in [-0.15, -0.1) is 0 Å². The minimum atomic E-state index is 0.180. The van der Waals surface area contributed by atoms with E-state index in [1.54, 1.807) is 0 Å². The molecule has 0 aliphatic rings. The fourth-order valence-electron chi connectivity index (χ4n) is 2.16. The molecule has 0 heterocycles. The van der Waals surface area contributed by atoms with Crippen LogP contribution in [0.25, 0.3) is 0 Å². The second-order valence-electron chi connectivity index (χ2n) is 5.31. The fourth-order valence-corrected chi connectivity index (χ4v) is 2.16. The van der Waals surface area contributed by atoms with Crippen molar-refractivity contribution in [2.24, 2.45) is 0 Å². The Morgan fingerprint density at radius 3 is 2.62 bits per heavy atom. The lowest BCUT2D eigenvalue weighted by molar-refractivity contribution is -0.130. The van der Waals surface area contributed by atoms with Crippen molar-refractivity contribution < 1.29 is 9.53 Å². The quantitative estimate of drug-likeness (QED) is 0.712. The zero-order valence-electron chi connectivity index (χ0n) is 13.7. The van der Waals surface area contributed by atoms with Crippen LogP contribution >= 0.6 is 0 Å². The van der Waals surface area contributed by atoms with Crippen molar-refractivity contribution in [3.63, 3.8) is 0 Å². The second kappa shape index (κ2) is 9.40. The maximum atomic E-state index is 11.9. The van der Waals surface area contributed by atoms with E-state index in [1.165, 1.54) is 5.56 Å². The lowest BCUT2D eigenvalue weighted by Crippen LogP contribution is -2.32. The average Bonchev–Trinajstić information content (AvgIpc) is 2.44. The van der Waals surface area contributed by atoms with Gasteiger partial charge in [-0.1, -0.05) is 12.1 Å². The zero-order chi connectivity index (χ0) is 15.7. The van der Waals surface area contributed by atoms with Gasteiger partial charge in [0, 0.05) is 32.6 Å². The summed E-state index contributed by atoms with van der Waals surface area (Å²) >= 11 is 0. The van der Waals surface area contributed by atoms with Crippen molar-refractivity contribution >= 4 is 5.91 Å². The molecule has 0 aliphatic heterocycles. The highest BCUT2D eigenvalue weighted by Gasteiger charge is 2.08. The molecular weight excluding hydrogens is 264 g/mol. The highest BCUT2D eigenvalue weighted by Crippen LogP contribution is 2.14. The summed E-state index contributed by atoms with van der Waals surface area (Å²) in [5.74, 6) is 1.10. The van der Waals surface area contributed by atoms with E-state index in [0.717, 1.165) is 25.4 Å². The Kier molecular flexibility index (Phi) is 7.83. The Morgan fingerprint density at radius 2 is 2.00 bits per heavy atom. The van der Waals surface area contributed by atoms with Crippen LogP contribution < -0.4 is 10.1 Å². The number of nitrogens with zero attached hydrogens (tertiary/aromatic N) is 1. The number of hydrogen-bond donors (Lipinski definition) is 1.